The predicted octanol–water partition coefficient (Wildman–Crippen LogP) is 2.75. The van der Waals surface area contributed by atoms with Crippen molar-refractivity contribution < 1.29 is 9.18 Å². The van der Waals surface area contributed by atoms with E-state index in [4.69, 9.17) is 0 Å². The van der Waals surface area contributed by atoms with E-state index in [1.165, 1.54) is 6.07 Å². The number of hydrogen-bond acceptors (Lipinski definition) is 3. The molecule has 1 amide bonds. The number of carbonyl (C=O) groups is 1. The molecule has 1 atom stereocenters. The number of nitrogens with zero attached hydrogens (tertiary/aromatic N) is 1. The zero-order valence-corrected chi connectivity index (χ0v) is 15.0. The fourth-order valence-electron chi connectivity index (χ4n) is 2.73. The lowest BCUT2D eigenvalue weighted by atomic mass is 10.0. The van der Waals surface area contributed by atoms with Crippen LogP contribution in [0.15, 0.2) is 24.3 Å². The van der Waals surface area contributed by atoms with E-state index in [1.807, 2.05) is 13.1 Å². The Balaban J connectivity index is 0.00000242. The normalized spacial score (nSPS) is 17.0. The number of piperidine rings is 1. The number of nitrogens with one attached hydrogen (secondary N) is 2. The molecule has 1 fully saturated rings. The molecule has 0 spiro atoms. The molecule has 1 unspecified atom stereocenters. The van der Waals surface area contributed by atoms with Gasteiger partial charge in [-0.15, -0.1) is 24.8 Å². The highest BCUT2D eigenvalue weighted by molar-refractivity contribution is 5.85. The molecule has 0 bridgehead atoms. The van der Waals surface area contributed by atoms with Crippen LogP contribution in [-0.2, 0) is 4.79 Å². The number of halogens is 3. The summed E-state index contributed by atoms with van der Waals surface area (Å²) in [5, 5.41) is 6.13. The zero-order chi connectivity index (χ0) is 15.1. The molecule has 2 rings (SSSR count). The molecule has 0 aliphatic carbocycles. The Labute approximate surface area is 150 Å². The maximum atomic E-state index is 13.3. The molecule has 1 aliphatic rings. The van der Waals surface area contributed by atoms with Crippen molar-refractivity contribution in [2.75, 3.05) is 31.6 Å². The van der Waals surface area contributed by atoms with Crippen molar-refractivity contribution in [3.8, 4) is 0 Å². The summed E-state index contributed by atoms with van der Waals surface area (Å²) in [6.45, 7) is 2.52. The number of hydrogen-bond donors (Lipinski definition) is 2. The third-order valence-electron chi connectivity index (χ3n) is 3.79. The Morgan fingerprint density at radius 1 is 1.39 bits per heavy atom. The summed E-state index contributed by atoms with van der Waals surface area (Å²) in [6.07, 6.45) is 3.40. The lowest BCUT2D eigenvalue weighted by Gasteiger charge is -2.34. The summed E-state index contributed by atoms with van der Waals surface area (Å²) in [7, 11) is 1.88. The van der Waals surface area contributed by atoms with Gasteiger partial charge in [-0.05, 0) is 51.1 Å². The van der Waals surface area contributed by atoms with Crippen molar-refractivity contribution in [3.05, 3.63) is 30.1 Å². The third-order valence-corrected chi connectivity index (χ3v) is 3.79. The average Bonchev–Trinajstić information content (AvgIpc) is 2.48. The van der Waals surface area contributed by atoms with E-state index in [1.54, 1.807) is 12.1 Å². The number of rotatable bonds is 6. The lowest BCUT2D eigenvalue weighted by Crippen LogP contribution is -2.47. The average molecular weight is 366 g/mol. The Bertz CT molecular complexity index is 476. The fourth-order valence-corrected chi connectivity index (χ4v) is 2.73. The highest BCUT2D eigenvalue weighted by atomic mass is 35.5. The quantitative estimate of drug-likeness (QED) is 0.761. The molecule has 1 aromatic carbocycles. The second-order valence-electron chi connectivity index (χ2n) is 5.54. The van der Waals surface area contributed by atoms with E-state index in [-0.39, 0.29) is 42.6 Å². The number of amides is 1. The first-order chi connectivity index (χ1) is 10.2. The molecular weight excluding hydrogens is 340 g/mol. The Morgan fingerprint density at radius 2 is 2.17 bits per heavy atom. The van der Waals surface area contributed by atoms with Crippen LogP contribution in [0.4, 0.5) is 10.1 Å². The van der Waals surface area contributed by atoms with Crippen molar-refractivity contribution >= 4 is 36.4 Å². The highest BCUT2D eigenvalue weighted by Crippen LogP contribution is 2.20. The van der Waals surface area contributed by atoms with Crippen LogP contribution in [0.5, 0.6) is 0 Å². The largest absolute Gasteiger partial charge is 0.369 e. The van der Waals surface area contributed by atoms with Gasteiger partial charge in [-0.3, -0.25) is 4.79 Å². The van der Waals surface area contributed by atoms with E-state index < -0.39 is 0 Å². The predicted molar refractivity (Wildman–Crippen MR) is 97.4 cm³/mol. The lowest BCUT2D eigenvalue weighted by molar-refractivity contribution is -0.121. The van der Waals surface area contributed by atoms with Crippen molar-refractivity contribution in [2.45, 2.75) is 31.7 Å². The minimum absolute atomic E-state index is 0. The standard InChI is InChI=1S/C16H24FN3O.2ClH/c1-18-9-3-8-16(21)19-14-6-4-10-20(12-14)15-7-2-5-13(17)11-15;;/h2,5,7,11,14,18H,3-4,6,8-10,12H2,1H3,(H,19,21);2*1H. The van der Waals surface area contributed by atoms with Crippen LogP contribution in [0.1, 0.15) is 25.7 Å². The second-order valence-corrected chi connectivity index (χ2v) is 5.54. The molecule has 1 saturated heterocycles. The first-order valence-electron chi connectivity index (χ1n) is 7.63. The van der Waals surface area contributed by atoms with E-state index in [0.717, 1.165) is 44.6 Å². The van der Waals surface area contributed by atoms with Crippen molar-refractivity contribution in [1.29, 1.82) is 0 Å². The molecule has 0 aromatic heterocycles. The van der Waals surface area contributed by atoms with Gasteiger partial charge in [0.1, 0.15) is 5.82 Å². The second kappa shape index (κ2) is 11.5. The number of anilines is 1. The Kier molecular flexibility index (Phi) is 11.0. The molecule has 0 saturated carbocycles. The highest BCUT2D eigenvalue weighted by Gasteiger charge is 2.21. The van der Waals surface area contributed by atoms with Gasteiger partial charge in [0.05, 0.1) is 0 Å². The van der Waals surface area contributed by atoms with Gasteiger partial charge in [0, 0.05) is 31.2 Å². The van der Waals surface area contributed by atoms with Crippen LogP contribution in [0.3, 0.4) is 0 Å². The Morgan fingerprint density at radius 3 is 2.87 bits per heavy atom. The van der Waals surface area contributed by atoms with Gasteiger partial charge in [-0.2, -0.15) is 0 Å². The van der Waals surface area contributed by atoms with Crippen LogP contribution >= 0.6 is 24.8 Å². The van der Waals surface area contributed by atoms with Gasteiger partial charge in [0.25, 0.3) is 0 Å². The topological polar surface area (TPSA) is 44.4 Å². The third kappa shape index (κ3) is 7.38. The molecule has 132 valence electrons. The Hall–Kier alpha value is -1.04. The minimum atomic E-state index is -0.217. The van der Waals surface area contributed by atoms with Gasteiger partial charge < -0.3 is 15.5 Å². The smallest absolute Gasteiger partial charge is 0.220 e. The van der Waals surface area contributed by atoms with E-state index in [2.05, 4.69) is 15.5 Å². The van der Waals surface area contributed by atoms with Gasteiger partial charge in [-0.25, -0.2) is 4.39 Å². The molecule has 1 heterocycles. The summed E-state index contributed by atoms with van der Waals surface area (Å²) in [5.74, 6) is -0.109. The van der Waals surface area contributed by atoms with Gasteiger partial charge in [-0.1, -0.05) is 6.07 Å². The molecular formula is C16H26Cl2FN3O. The minimum Gasteiger partial charge on any atom is -0.369 e. The van der Waals surface area contributed by atoms with Crippen LogP contribution in [0.25, 0.3) is 0 Å². The van der Waals surface area contributed by atoms with Gasteiger partial charge in [0.2, 0.25) is 5.91 Å². The monoisotopic (exact) mass is 365 g/mol. The molecule has 23 heavy (non-hydrogen) atoms. The fraction of sp³-hybridized carbons (Fsp3) is 0.562. The summed E-state index contributed by atoms with van der Waals surface area (Å²) in [4.78, 5) is 14.0. The van der Waals surface area contributed by atoms with E-state index >= 15 is 0 Å². The molecule has 1 aliphatic heterocycles. The van der Waals surface area contributed by atoms with Gasteiger partial charge >= 0.3 is 0 Å². The van der Waals surface area contributed by atoms with E-state index in [9.17, 15) is 9.18 Å². The van der Waals surface area contributed by atoms with Crippen molar-refractivity contribution in [2.24, 2.45) is 0 Å². The number of carbonyl (C=O) groups excluding carboxylic acids is 1. The van der Waals surface area contributed by atoms with Crippen LogP contribution in [-0.4, -0.2) is 38.6 Å². The first kappa shape index (κ1) is 22.0. The summed E-state index contributed by atoms with van der Waals surface area (Å²) < 4.78 is 13.3. The maximum Gasteiger partial charge on any atom is 0.220 e. The van der Waals surface area contributed by atoms with Crippen LogP contribution < -0.4 is 15.5 Å². The van der Waals surface area contributed by atoms with Gasteiger partial charge in [0.15, 0.2) is 0 Å². The molecule has 0 radical (unpaired) electrons. The summed E-state index contributed by atoms with van der Waals surface area (Å²) in [6, 6.07) is 6.81. The first-order valence-corrected chi connectivity index (χ1v) is 7.63. The molecule has 2 N–H and O–H groups in total. The number of benzene rings is 1. The van der Waals surface area contributed by atoms with Crippen LogP contribution in [0, 0.1) is 5.82 Å². The summed E-state index contributed by atoms with van der Waals surface area (Å²) in [5.41, 5.74) is 0.893. The summed E-state index contributed by atoms with van der Waals surface area (Å²) >= 11 is 0. The SMILES string of the molecule is CNCCCC(=O)NC1CCCN(c2cccc(F)c2)C1.Cl.Cl. The molecule has 1 aromatic rings. The molecule has 7 heteroatoms. The van der Waals surface area contributed by atoms with Crippen LogP contribution in [0.2, 0.25) is 0 Å². The van der Waals surface area contributed by atoms with E-state index in [0.29, 0.717) is 6.42 Å². The zero-order valence-electron chi connectivity index (χ0n) is 13.4. The maximum absolute atomic E-state index is 13.3. The van der Waals surface area contributed by atoms with Crippen molar-refractivity contribution in [1.82, 2.24) is 10.6 Å². The van der Waals surface area contributed by atoms with Crippen molar-refractivity contribution in [3.63, 3.8) is 0 Å². The molecule has 4 nitrogen and oxygen atoms in total.